The summed E-state index contributed by atoms with van der Waals surface area (Å²) in [6.07, 6.45) is 1.13. The molecular weight excluding hydrogens is 254 g/mol. The molecule has 0 heterocycles. The van der Waals surface area contributed by atoms with Crippen molar-refractivity contribution >= 4 is 11.6 Å². The summed E-state index contributed by atoms with van der Waals surface area (Å²) >= 11 is 0. The Morgan fingerprint density at radius 1 is 1.30 bits per heavy atom. The standard InChI is InChI=1S/C14H15N5O/c1-10-3-4-13(11(2)5-10)17-9-14(20)19-18-8-12(6-15)7-16/h3-5,8,17-18H,9H2,1-2H3,(H,19,20). The lowest BCUT2D eigenvalue weighted by atomic mass is 10.1. The Labute approximate surface area is 117 Å². The van der Waals surface area contributed by atoms with Gasteiger partial charge in [0.25, 0.3) is 5.91 Å². The minimum Gasteiger partial charge on any atom is -0.376 e. The predicted octanol–water partition coefficient (Wildman–Crippen LogP) is 1.27. The van der Waals surface area contributed by atoms with Crippen LogP contribution in [0.1, 0.15) is 11.1 Å². The van der Waals surface area contributed by atoms with Gasteiger partial charge in [0.15, 0.2) is 0 Å². The van der Waals surface area contributed by atoms with Crippen molar-refractivity contribution in [2.75, 3.05) is 11.9 Å². The van der Waals surface area contributed by atoms with E-state index in [9.17, 15) is 4.79 Å². The first-order valence-electron chi connectivity index (χ1n) is 5.92. The Morgan fingerprint density at radius 3 is 2.60 bits per heavy atom. The number of carbonyl (C=O) groups excluding carboxylic acids is 1. The number of carbonyl (C=O) groups is 1. The molecule has 0 saturated carbocycles. The van der Waals surface area contributed by atoms with Crippen molar-refractivity contribution in [2.45, 2.75) is 13.8 Å². The number of rotatable bonds is 5. The molecule has 0 aliphatic carbocycles. The number of hydrogen-bond donors (Lipinski definition) is 3. The fraction of sp³-hybridized carbons (Fsp3) is 0.214. The molecule has 0 bridgehead atoms. The van der Waals surface area contributed by atoms with E-state index in [2.05, 4.69) is 16.2 Å². The maximum Gasteiger partial charge on any atom is 0.257 e. The normalized spacial score (nSPS) is 8.80. The SMILES string of the molecule is Cc1ccc(NCC(=O)NNC=C(C#N)C#N)c(C)c1. The number of nitriles is 2. The van der Waals surface area contributed by atoms with Crippen LogP contribution in [0.4, 0.5) is 5.69 Å². The summed E-state index contributed by atoms with van der Waals surface area (Å²) in [7, 11) is 0. The van der Waals surface area contributed by atoms with Gasteiger partial charge in [0, 0.05) is 11.9 Å². The molecule has 102 valence electrons. The van der Waals surface area contributed by atoms with Crippen LogP contribution in [0.3, 0.4) is 0 Å². The molecule has 0 saturated heterocycles. The summed E-state index contributed by atoms with van der Waals surface area (Å²) in [4.78, 5) is 11.5. The monoisotopic (exact) mass is 269 g/mol. The Morgan fingerprint density at radius 2 is 2.00 bits per heavy atom. The molecular formula is C14H15N5O. The van der Waals surface area contributed by atoms with E-state index in [0.29, 0.717) is 0 Å². The van der Waals surface area contributed by atoms with E-state index in [4.69, 9.17) is 10.5 Å². The molecule has 0 aliphatic heterocycles. The minimum absolute atomic E-state index is 0.0825. The maximum absolute atomic E-state index is 11.5. The number of hydrogen-bond acceptors (Lipinski definition) is 5. The average molecular weight is 269 g/mol. The van der Waals surface area contributed by atoms with Crippen LogP contribution in [0.5, 0.6) is 0 Å². The van der Waals surface area contributed by atoms with Crippen molar-refractivity contribution in [3.05, 3.63) is 41.1 Å². The van der Waals surface area contributed by atoms with Crippen LogP contribution in [-0.4, -0.2) is 12.5 Å². The van der Waals surface area contributed by atoms with Gasteiger partial charge in [0.2, 0.25) is 0 Å². The smallest absolute Gasteiger partial charge is 0.257 e. The zero-order valence-electron chi connectivity index (χ0n) is 11.3. The molecule has 1 rings (SSSR count). The fourth-order valence-electron chi connectivity index (χ4n) is 1.51. The van der Waals surface area contributed by atoms with Crippen LogP contribution < -0.4 is 16.2 Å². The topological polar surface area (TPSA) is 101 Å². The largest absolute Gasteiger partial charge is 0.376 e. The summed E-state index contributed by atoms with van der Waals surface area (Å²) in [6.45, 7) is 4.04. The van der Waals surface area contributed by atoms with Gasteiger partial charge in [-0.2, -0.15) is 10.5 Å². The van der Waals surface area contributed by atoms with E-state index >= 15 is 0 Å². The molecule has 0 radical (unpaired) electrons. The summed E-state index contributed by atoms with van der Waals surface area (Å²) in [5.41, 5.74) is 7.74. The molecule has 0 spiro atoms. The van der Waals surface area contributed by atoms with E-state index in [1.807, 2.05) is 32.0 Å². The summed E-state index contributed by atoms with van der Waals surface area (Å²) < 4.78 is 0. The molecule has 0 fully saturated rings. The van der Waals surface area contributed by atoms with Crippen molar-refractivity contribution < 1.29 is 4.79 Å². The lowest BCUT2D eigenvalue weighted by Gasteiger charge is -2.10. The lowest BCUT2D eigenvalue weighted by molar-refractivity contribution is -0.120. The first kappa shape index (κ1) is 15.1. The van der Waals surface area contributed by atoms with Gasteiger partial charge in [0.05, 0.1) is 6.54 Å². The summed E-state index contributed by atoms with van der Waals surface area (Å²) in [5, 5.41) is 20.0. The Kier molecular flexibility index (Phi) is 5.61. The highest BCUT2D eigenvalue weighted by atomic mass is 16.2. The van der Waals surface area contributed by atoms with E-state index in [0.717, 1.165) is 23.0 Å². The van der Waals surface area contributed by atoms with Crippen LogP contribution in [0, 0.1) is 36.5 Å². The molecule has 1 aromatic carbocycles. The van der Waals surface area contributed by atoms with Gasteiger partial charge in [-0.05, 0) is 25.5 Å². The molecule has 6 heteroatoms. The molecule has 0 atom stereocenters. The van der Waals surface area contributed by atoms with E-state index in [1.165, 1.54) is 0 Å². The van der Waals surface area contributed by atoms with Crippen LogP contribution in [0.25, 0.3) is 0 Å². The number of aryl methyl sites for hydroxylation is 2. The molecule has 0 unspecified atom stereocenters. The van der Waals surface area contributed by atoms with Gasteiger partial charge in [-0.1, -0.05) is 17.7 Å². The van der Waals surface area contributed by atoms with Crippen molar-refractivity contribution in [1.82, 2.24) is 10.9 Å². The third-order valence-electron chi connectivity index (χ3n) is 2.49. The number of nitrogens with one attached hydrogen (secondary N) is 3. The third kappa shape index (κ3) is 4.71. The van der Waals surface area contributed by atoms with E-state index in [-0.39, 0.29) is 18.0 Å². The fourth-order valence-corrected chi connectivity index (χ4v) is 1.51. The van der Waals surface area contributed by atoms with Crippen molar-refractivity contribution in [2.24, 2.45) is 0 Å². The molecule has 0 aromatic heterocycles. The Hall–Kier alpha value is -2.99. The zero-order chi connectivity index (χ0) is 15.0. The zero-order valence-corrected chi connectivity index (χ0v) is 11.3. The van der Waals surface area contributed by atoms with Crippen LogP contribution in [0.15, 0.2) is 30.0 Å². The molecule has 3 N–H and O–H groups in total. The number of allylic oxidation sites excluding steroid dienone is 1. The van der Waals surface area contributed by atoms with Crippen molar-refractivity contribution in [3.8, 4) is 12.1 Å². The molecule has 20 heavy (non-hydrogen) atoms. The number of benzene rings is 1. The first-order chi connectivity index (χ1) is 9.56. The van der Waals surface area contributed by atoms with Crippen LogP contribution >= 0.6 is 0 Å². The second-order valence-corrected chi connectivity index (χ2v) is 4.15. The highest BCUT2D eigenvalue weighted by Gasteiger charge is 2.02. The van der Waals surface area contributed by atoms with Crippen LogP contribution in [-0.2, 0) is 4.79 Å². The quantitative estimate of drug-likeness (QED) is 0.552. The number of nitrogens with zero attached hydrogens (tertiary/aromatic N) is 2. The predicted molar refractivity (Wildman–Crippen MR) is 75.0 cm³/mol. The Bertz CT molecular complexity index is 591. The average Bonchev–Trinajstić information content (AvgIpc) is 2.42. The number of hydrazine groups is 1. The highest BCUT2D eigenvalue weighted by Crippen LogP contribution is 2.15. The van der Waals surface area contributed by atoms with E-state index < -0.39 is 0 Å². The maximum atomic E-state index is 11.5. The molecule has 1 amide bonds. The summed E-state index contributed by atoms with van der Waals surface area (Å²) in [5.74, 6) is -0.309. The van der Waals surface area contributed by atoms with Gasteiger partial charge in [-0.3, -0.25) is 10.2 Å². The molecule has 0 aliphatic rings. The van der Waals surface area contributed by atoms with Crippen LogP contribution in [0.2, 0.25) is 0 Å². The minimum atomic E-state index is -0.309. The molecule has 1 aromatic rings. The molecule has 6 nitrogen and oxygen atoms in total. The van der Waals surface area contributed by atoms with Gasteiger partial charge in [-0.15, -0.1) is 0 Å². The highest BCUT2D eigenvalue weighted by molar-refractivity contribution is 5.80. The number of anilines is 1. The number of amides is 1. The first-order valence-corrected chi connectivity index (χ1v) is 5.92. The Balaban J connectivity index is 2.43. The van der Waals surface area contributed by atoms with Gasteiger partial charge in [-0.25, -0.2) is 0 Å². The second kappa shape index (κ2) is 7.45. The van der Waals surface area contributed by atoms with Crippen molar-refractivity contribution in [1.29, 1.82) is 10.5 Å². The van der Waals surface area contributed by atoms with Gasteiger partial charge < -0.3 is 10.7 Å². The van der Waals surface area contributed by atoms with Gasteiger partial charge >= 0.3 is 0 Å². The van der Waals surface area contributed by atoms with E-state index in [1.54, 1.807) is 12.1 Å². The van der Waals surface area contributed by atoms with Crippen molar-refractivity contribution in [3.63, 3.8) is 0 Å². The van der Waals surface area contributed by atoms with Gasteiger partial charge in [0.1, 0.15) is 17.7 Å². The lowest BCUT2D eigenvalue weighted by Crippen LogP contribution is -2.37. The third-order valence-corrected chi connectivity index (χ3v) is 2.49. The second-order valence-electron chi connectivity index (χ2n) is 4.15. The summed E-state index contributed by atoms with van der Waals surface area (Å²) in [6, 6.07) is 9.22.